The zero-order valence-electron chi connectivity index (χ0n) is 15.2. The van der Waals surface area contributed by atoms with Gasteiger partial charge in [-0.3, -0.25) is 9.10 Å². The van der Waals surface area contributed by atoms with Gasteiger partial charge < -0.3 is 10.1 Å². The third kappa shape index (κ3) is 4.21. The normalized spacial score (nSPS) is 13.8. The van der Waals surface area contributed by atoms with Crippen LogP contribution in [0, 0.1) is 5.82 Å². The molecule has 0 saturated carbocycles. The number of hydrogen-bond acceptors (Lipinski definition) is 4. The number of anilines is 2. The Morgan fingerprint density at radius 3 is 2.74 bits per heavy atom. The van der Waals surface area contributed by atoms with Gasteiger partial charge in [0.15, 0.2) is 0 Å². The number of fused-ring (bicyclic) bond motifs is 1. The van der Waals surface area contributed by atoms with E-state index < -0.39 is 15.8 Å². The Bertz CT molecular complexity index is 976. The number of nitrogens with zero attached hydrogens (tertiary/aromatic N) is 1. The van der Waals surface area contributed by atoms with E-state index in [4.69, 9.17) is 4.74 Å². The molecule has 0 radical (unpaired) electrons. The molecule has 6 nitrogen and oxygen atoms in total. The first-order valence-electron chi connectivity index (χ1n) is 8.64. The first kappa shape index (κ1) is 19.2. The van der Waals surface area contributed by atoms with Crippen LogP contribution in [0.4, 0.5) is 15.8 Å². The molecule has 0 saturated heterocycles. The minimum atomic E-state index is -3.36. The van der Waals surface area contributed by atoms with Gasteiger partial charge in [-0.25, -0.2) is 12.8 Å². The van der Waals surface area contributed by atoms with Crippen molar-refractivity contribution in [1.29, 1.82) is 0 Å². The fourth-order valence-electron chi connectivity index (χ4n) is 3.12. The molecule has 1 amide bonds. The molecule has 3 rings (SSSR count). The summed E-state index contributed by atoms with van der Waals surface area (Å²) >= 11 is 0. The molecule has 1 aliphatic heterocycles. The molecule has 2 aromatic carbocycles. The number of aryl methyl sites for hydroxylation is 1. The maximum atomic E-state index is 13.4. The zero-order valence-corrected chi connectivity index (χ0v) is 16.0. The quantitative estimate of drug-likeness (QED) is 0.848. The van der Waals surface area contributed by atoms with E-state index in [-0.39, 0.29) is 11.7 Å². The highest BCUT2D eigenvalue weighted by molar-refractivity contribution is 7.92. The number of ether oxygens (including phenoxy) is 1. The van der Waals surface area contributed by atoms with Gasteiger partial charge in [0.2, 0.25) is 10.0 Å². The lowest BCUT2D eigenvalue weighted by atomic mass is 10.0. The number of sulfonamides is 1. The van der Waals surface area contributed by atoms with Crippen LogP contribution in [0.2, 0.25) is 0 Å². The molecular weight excluding hydrogens is 371 g/mol. The van der Waals surface area contributed by atoms with Gasteiger partial charge in [-0.15, -0.1) is 0 Å². The molecule has 144 valence electrons. The number of carbonyl (C=O) groups is 1. The van der Waals surface area contributed by atoms with Crippen molar-refractivity contribution < 1.29 is 22.3 Å². The van der Waals surface area contributed by atoms with Gasteiger partial charge in [-0.05, 0) is 55.7 Å². The van der Waals surface area contributed by atoms with E-state index in [1.807, 2.05) is 0 Å². The van der Waals surface area contributed by atoms with E-state index in [2.05, 4.69) is 5.32 Å². The Morgan fingerprint density at radius 1 is 1.26 bits per heavy atom. The molecule has 0 bridgehead atoms. The zero-order chi connectivity index (χ0) is 19.6. The van der Waals surface area contributed by atoms with Crippen molar-refractivity contribution in [2.45, 2.75) is 19.8 Å². The summed E-state index contributed by atoms with van der Waals surface area (Å²) < 4.78 is 44.0. The lowest BCUT2D eigenvalue weighted by Gasteiger charge is -2.29. The summed E-state index contributed by atoms with van der Waals surface area (Å²) in [6.45, 7) is 2.55. The van der Waals surface area contributed by atoms with Crippen molar-refractivity contribution in [3.8, 4) is 5.75 Å². The predicted molar refractivity (Wildman–Crippen MR) is 102 cm³/mol. The van der Waals surface area contributed by atoms with Crippen molar-refractivity contribution in [2.24, 2.45) is 0 Å². The van der Waals surface area contributed by atoms with Crippen LogP contribution in [0.25, 0.3) is 0 Å². The molecule has 1 aliphatic rings. The summed E-state index contributed by atoms with van der Waals surface area (Å²) in [5.41, 5.74) is 2.19. The molecule has 0 fully saturated rings. The number of hydrogen-bond donors (Lipinski definition) is 1. The lowest BCUT2D eigenvalue weighted by molar-refractivity contribution is 0.102. The average molecular weight is 392 g/mol. The van der Waals surface area contributed by atoms with Crippen LogP contribution in [0.15, 0.2) is 36.4 Å². The second kappa shape index (κ2) is 7.56. The van der Waals surface area contributed by atoms with Crippen molar-refractivity contribution in [2.75, 3.05) is 29.0 Å². The first-order chi connectivity index (χ1) is 12.8. The second-order valence-electron chi connectivity index (χ2n) is 6.31. The lowest BCUT2D eigenvalue weighted by Crippen LogP contribution is -2.34. The highest BCUT2D eigenvalue weighted by Gasteiger charge is 2.24. The molecule has 0 unspecified atom stereocenters. The Morgan fingerprint density at radius 2 is 2.04 bits per heavy atom. The number of nitrogens with one attached hydrogen (secondary N) is 1. The van der Waals surface area contributed by atoms with E-state index in [1.165, 1.54) is 28.8 Å². The smallest absolute Gasteiger partial charge is 0.255 e. The average Bonchev–Trinajstić information content (AvgIpc) is 2.62. The molecule has 0 spiro atoms. The minimum absolute atomic E-state index is 0.257. The molecular formula is C19H21FN2O4S. The topological polar surface area (TPSA) is 75.7 Å². The molecule has 1 heterocycles. The number of amides is 1. The van der Waals surface area contributed by atoms with Gasteiger partial charge in [0.25, 0.3) is 5.91 Å². The fraction of sp³-hybridized carbons (Fsp3) is 0.316. The highest BCUT2D eigenvalue weighted by Crippen LogP contribution is 2.31. The van der Waals surface area contributed by atoms with E-state index in [9.17, 15) is 17.6 Å². The third-order valence-electron chi connectivity index (χ3n) is 4.31. The first-order valence-corrected chi connectivity index (χ1v) is 10.5. The number of halogens is 1. The van der Waals surface area contributed by atoms with Gasteiger partial charge in [-0.1, -0.05) is 0 Å². The maximum Gasteiger partial charge on any atom is 0.255 e. The van der Waals surface area contributed by atoms with Gasteiger partial charge in [-0.2, -0.15) is 0 Å². The van der Waals surface area contributed by atoms with Crippen LogP contribution in [-0.2, 0) is 16.4 Å². The molecule has 1 N–H and O–H groups in total. The van der Waals surface area contributed by atoms with Gasteiger partial charge in [0.1, 0.15) is 11.6 Å². The molecule has 27 heavy (non-hydrogen) atoms. The Hall–Kier alpha value is -2.61. The summed E-state index contributed by atoms with van der Waals surface area (Å²) in [4.78, 5) is 12.6. The van der Waals surface area contributed by atoms with Crippen LogP contribution in [0.3, 0.4) is 0 Å². The Kier molecular flexibility index (Phi) is 5.36. The predicted octanol–water partition coefficient (Wildman–Crippen LogP) is 3.19. The third-order valence-corrected chi connectivity index (χ3v) is 5.49. The Balaban J connectivity index is 1.87. The summed E-state index contributed by atoms with van der Waals surface area (Å²) in [6, 6.07) is 8.85. The Labute approximate surface area is 158 Å². The standard InChI is InChI=1S/C19H21FN2O4S/c1-3-26-18-12-15(20)7-8-16(18)21-19(23)14-6-9-17-13(11-14)5-4-10-22(17)27(2,24)25/h6-9,11-12H,3-5,10H2,1-2H3,(H,21,23). The molecule has 0 atom stereocenters. The number of rotatable bonds is 5. The summed E-state index contributed by atoms with van der Waals surface area (Å²) in [5.74, 6) is -0.569. The van der Waals surface area contributed by atoms with Crippen LogP contribution < -0.4 is 14.4 Å². The van der Waals surface area contributed by atoms with Gasteiger partial charge in [0.05, 0.1) is 24.2 Å². The van der Waals surface area contributed by atoms with E-state index >= 15 is 0 Å². The minimum Gasteiger partial charge on any atom is -0.492 e. The van der Waals surface area contributed by atoms with Crippen molar-refractivity contribution >= 4 is 27.3 Å². The SMILES string of the molecule is CCOc1cc(F)ccc1NC(=O)c1ccc2c(c1)CCCN2S(C)(=O)=O. The van der Waals surface area contributed by atoms with E-state index in [0.29, 0.717) is 42.9 Å². The highest BCUT2D eigenvalue weighted by atomic mass is 32.2. The van der Waals surface area contributed by atoms with Crippen LogP contribution in [-0.4, -0.2) is 33.7 Å². The molecule has 0 aliphatic carbocycles. The second-order valence-corrected chi connectivity index (χ2v) is 8.22. The largest absolute Gasteiger partial charge is 0.492 e. The molecule has 0 aromatic heterocycles. The van der Waals surface area contributed by atoms with E-state index in [1.54, 1.807) is 25.1 Å². The van der Waals surface area contributed by atoms with E-state index in [0.717, 1.165) is 5.56 Å². The molecule has 2 aromatic rings. The fourth-order valence-corrected chi connectivity index (χ4v) is 4.11. The number of carbonyl (C=O) groups excluding carboxylic acids is 1. The summed E-state index contributed by atoms with van der Waals surface area (Å²) in [5, 5.41) is 2.72. The van der Waals surface area contributed by atoms with Crippen LogP contribution in [0.1, 0.15) is 29.3 Å². The van der Waals surface area contributed by atoms with Crippen molar-refractivity contribution in [3.05, 3.63) is 53.3 Å². The van der Waals surface area contributed by atoms with Crippen LogP contribution >= 0.6 is 0 Å². The maximum absolute atomic E-state index is 13.4. The van der Waals surface area contributed by atoms with Crippen LogP contribution in [0.5, 0.6) is 5.75 Å². The number of benzene rings is 2. The molecule has 8 heteroatoms. The summed E-state index contributed by atoms with van der Waals surface area (Å²) in [6.07, 6.45) is 2.56. The summed E-state index contributed by atoms with van der Waals surface area (Å²) in [7, 11) is -3.36. The monoisotopic (exact) mass is 392 g/mol. The van der Waals surface area contributed by atoms with Gasteiger partial charge in [0, 0.05) is 18.2 Å². The van der Waals surface area contributed by atoms with Gasteiger partial charge >= 0.3 is 0 Å². The van der Waals surface area contributed by atoms with Crippen molar-refractivity contribution in [3.63, 3.8) is 0 Å². The van der Waals surface area contributed by atoms with Crippen molar-refractivity contribution in [1.82, 2.24) is 0 Å².